The molecule has 2 N–H and O–H groups in total. The second-order valence-electron chi connectivity index (χ2n) is 7.50. The molecule has 9 nitrogen and oxygen atoms in total. The predicted molar refractivity (Wildman–Crippen MR) is 129 cm³/mol. The number of hydrogen-bond acceptors (Lipinski definition) is 7. The van der Waals surface area contributed by atoms with E-state index in [9.17, 15) is 14.0 Å². The van der Waals surface area contributed by atoms with Crippen molar-refractivity contribution in [2.24, 2.45) is 7.05 Å². The van der Waals surface area contributed by atoms with Gasteiger partial charge < -0.3 is 5.32 Å². The van der Waals surface area contributed by atoms with Crippen LogP contribution in [0.1, 0.15) is 44.5 Å². The third-order valence-electron chi connectivity index (χ3n) is 5.02. The van der Waals surface area contributed by atoms with Crippen molar-refractivity contribution in [3.63, 3.8) is 0 Å². The van der Waals surface area contributed by atoms with Crippen LogP contribution in [-0.2, 0) is 13.6 Å². The Labute approximate surface area is 205 Å². The molecule has 178 valence electrons. The quantitative estimate of drug-likeness (QED) is 0.317. The Kier molecular flexibility index (Phi) is 8.07. The average Bonchev–Trinajstić information content (AvgIpc) is 3.20. The molecule has 0 aliphatic carbocycles. The van der Waals surface area contributed by atoms with Crippen molar-refractivity contribution in [1.82, 2.24) is 25.1 Å². The fourth-order valence-electron chi connectivity index (χ4n) is 3.20. The number of nitrogens with zero attached hydrogens (tertiary/aromatic N) is 5. The van der Waals surface area contributed by atoms with Gasteiger partial charge in [0.1, 0.15) is 23.2 Å². The lowest BCUT2D eigenvalue weighted by atomic mass is 10.1. The fraction of sp³-hybridized carbons (Fsp3) is 0.167. The molecule has 11 heteroatoms. The molecule has 0 aliphatic heterocycles. The van der Waals surface area contributed by atoms with E-state index >= 15 is 0 Å². The molecule has 0 radical (unpaired) electrons. The predicted octanol–water partition coefficient (Wildman–Crippen LogP) is 4.07. The number of nitrogens with one attached hydrogen (secondary N) is 2. The highest BCUT2D eigenvalue weighted by molar-refractivity contribution is 6.25. The molecular formula is C24H21ClFN7O2. The third-order valence-corrected chi connectivity index (χ3v) is 5.20. The first kappa shape index (κ1) is 25.3. The van der Waals surface area contributed by atoms with Gasteiger partial charge in [-0.05, 0) is 43.2 Å². The number of nitriles is 1. The molecule has 0 fully saturated rings. The molecular weight excluding hydrogens is 473 g/mol. The van der Waals surface area contributed by atoms with Crippen LogP contribution in [0.15, 0.2) is 48.8 Å². The van der Waals surface area contributed by atoms with Crippen molar-refractivity contribution >= 4 is 40.3 Å². The van der Waals surface area contributed by atoms with Crippen LogP contribution in [0.25, 0.3) is 11.0 Å². The maximum atomic E-state index is 13.3. The number of halogens is 2. The molecule has 0 saturated heterocycles. The van der Waals surface area contributed by atoms with Gasteiger partial charge >= 0.3 is 0 Å². The van der Waals surface area contributed by atoms with Crippen LogP contribution in [0.3, 0.4) is 0 Å². The van der Waals surface area contributed by atoms with E-state index in [2.05, 4.69) is 25.2 Å². The molecule has 0 saturated carbocycles. The minimum absolute atomic E-state index is 0.0227. The normalized spacial score (nSPS) is 10.2. The topological polar surface area (TPSA) is 126 Å². The molecule has 2 heterocycles. The summed E-state index contributed by atoms with van der Waals surface area (Å²) in [5.74, 6) is -0.290. The zero-order valence-electron chi connectivity index (χ0n) is 19.1. The number of aromatic nitrogens is 4. The summed E-state index contributed by atoms with van der Waals surface area (Å²) in [6.07, 6.45) is 1.28. The lowest BCUT2D eigenvalue weighted by molar-refractivity contribution is 0.0946. The van der Waals surface area contributed by atoms with Crippen LogP contribution >= 0.6 is 11.8 Å². The van der Waals surface area contributed by atoms with E-state index in [1.54, 1.807) is 50.4 Å². The SMILES string of the molecule is CC(=O)c1ccc(C#N)cc1.Cc1cc(CNC(=O)c2ncnc3c(NCl)nn(C)c23)ccc1F. The highest BCUT2D eigenvalue weighted by Gasteiger charge is 2.19. The number of rotatable bonds is 5. The average molecular weight is 494 g/mol. The van der Waals surface area contributed by atoms with Crippen LogP contribution in [0.2, 0.25) is 0 Å². The number of anilines is 1. The molecule has 4 aromatic rings. The molecule has 2 aromatic heterocycles. The minimum Gasteiger partial charge on any atom is -0.347 e. The van der Waals surface area contributed by atoms with E-state index < -0.39 is 0 Å². The third kappa shape index (κ3) is 5.96. The van der Waals surface area contributed by atoms with E-state index in [-0.39, 0.29) is 29.7 Å². The molecule has 35 heavy (non-hydrogen) atoms. The van der Waals surface area contributed by atoms with Crippen molar-refractivity contribution in [3.05, 3.63) is 82.6 Å². The van der Waals surface area contributed by atoms with Gasteiger partial charge in [-0.2, -0.15) is 10.4 Å². The first-order chi connectivity index (χ1) is 16.7. The Morgan fingerprint density at radius 3 is 2.49 bits per heavy atom. The van der Waals surface area contributed by atoms with Gasteiger partial charge in [0.05, 0.1) is 11.6 Å². The number of hydrogen-bond donors (Lipinski definition) is 2. The first-order valence-corrected chi connectivity index (χ1v) is 10.7. The Balaban J connectivity index is 0.000000261. The van der Waals surface area contributed by atoms with E-state index in [1.165, 1.54) is 24.0 Å². The van der Waals surface area contributed by atoms with Crippen LogP contribution in [0.5, 0.6) is 0 Å². The molecule has 0 aliphatic rings. The standard InChI is InChI=1S/C15H14ClFN6O.C9H7NO/c1-8-5-9(3-4-10(8)17)6-18-15(24)12-13-11(19-7-20-12)14(21-16)22-23(13)2;1-7(11)9-4-2-8(6-10)3-5-9/h3-5,7H,6H2,1-2H3,(H,18,24)(H,21,22);2-5H,1H3. The lowest BCUT2D eigenvalue weighted by Gasteiger charge is -2.07. The molecule has 0 atom stereocenters. The number of carbonyl (C=O) groups excluding carboxylic acids is 2. The van der Waals surface area contributed by atoms with E-state index in [1.807, 2.05) is 6.07 Å². The summed E-state index contributed by atoms with van der Waals surface area (Å²) in [4.78, 5) is 33.8. The number of fused-ring (bicyclic) bond motifs is 1. The number of Topliss-reactive ketones (excluding diaryl/α,β-unsaturated/α-hetero) is 1. The number of carbonyl (C=O) groups is 2. The van der Waals surface area contributed by atoms with Crippen molar-refractivity contribution in [3.8, 4) is 6.07 Å². The van der Waals surface area contributed by atoms with Crippen molar-refractivity contribution in [1.29, 1.82) is 5.26 Å². The summed E-state index contributed by atoms with van der Waals surface area (Å²) >= 11 is 5.60. The van der Waals surface area contributed by atoms with Crippen LogP contribution in [0, 0.1) is 24.1 Å². The minimum atomic E-state index is -0.381. The summed E-state index contributed by atoms with van der Waals surface area (Å²) in [5, 5.41) is 15.3. The van der Waals surface area contributed by atoms with Gasteiger partial charge in [-0.1, -0.05) is 24.3 Å². The maximum absolute atomic E-state index is 13.3. The number of ketones is 1. The molecule has 0 spiro atoms. The summed E-state index contributed by atoms with van der Waals surface area (Å²) in [7, 11) is 1.67. The van der Waals surface area contributed by atoms with E-state index in [4.69, 9.17) is 17.0 Å². The van der Waals surface area contributed by atoms with Gasteiger partial charge in [-0.25, -0.2) is 14.4 Å². The Morgan fingerprint density at radius 2 is 1.89 bits per heavy atom. The summed E-state index contributed by atoms with van der Waals surface area (Å²) in [5.41, 5.74) is 3.64. The number of benzene rings is 2. The van der Waals surface area contributed by atoms with Crippen LogP contribution < -0.4 is 10.2 Å². The summed E-state index contributed by atoms with van der Waals surface area (Å²) in [6.45, 7) is 3.43. The van der Waals surface area contributed by atoms with Crippen molar-refractivity contribution < 1.29 is 14.0 Å². The Hall–Kier alpha value is -4.36. The smallest absolute Gasteiger partial charge is 0.272 e. The largest absolute Gasteiger partial charge is 0.347 e. The number of aryl methyl sites for hydroxylation is 2. The Morgan fingerprint density at radius 1 is 1.17 bits per heavy atom. The molecule has 1 amide bonds. The monoisotopic (exact) mass is 493 g/mol. The second kappa shape index (κ2) is 11.2. The van der Waals surface area contributed by atoms with Crippen LogP contribution in [0.4, 0.5) is 10.2 Å². The highest BCUT2D eigenvalue weighted by Crippen LogP contribution is 2.22. The van der Waals surface area contributed by atoms with Gasteiger partial charge in [-0.3, -0.25) is 19.1 Å². The Bertz CT molecular complexity index is 1430. The molecule has 4 rings (SSSR count). The maximum Gasteiger partial charge on any atom is 0.272 e. The van der Waals surface area contributed by atoms with E-state index in [0.717, 1.165) is 5.56 Å². The molecule has 0 bridgehead atoms. The zero-order chi connectivity index (χ0) is 25.5. The van der Waals surface area contributed by atoms with Crippen molar-refractivity contribution in [2.45, 2.75) is 20.4 Å². The van der Waals surface area contributed by atoms with Gasteiger partial charge in [0, 0.05) is 30.9 Å². The molecule has 0 unspecified atom stereocenters. The fourth-order valence-corrected chi connectivity index (χ4v) is 3.33. The van der Waals surface area contributed by atoms with Gasteiger partial charge in [0.25, 0.3) is 5.91 Å². The lowest BCUT2D eigenvalue weighted by Crippen LogP contribution is -2.24. The van der Waals surface area contributed by atoms with Gasteiger partial charge in [0.2, 0.25) is 0 Å². The summed E-state index contributed by atoms with van der Waals surface area (Å²) in [6, 6.07) is 13.2. The van der Waals surface area contributed by atoms with Crippen molar-refractivity contribution in [2.75, 3.05) is 4.84 Å². The van der Waals surface area contributed by atoms with Gasteiger partial charge in [-0.15, -0.1) is 0 Å². The number of amides is 1. The zero-order valence-corrected chi connectivity index (χ0v) is 19.9. The van der Waals surface area contributed by atoms with E-state index in [0.29, 0.717) is 33.5 Å². The van der Waals surface area contributed by atoms with Gasteiger partial charge in [0.15, 0.2) is 17.3 Å². The second-order valence-corrected chi connectivity index (χ2v) is 7.69. The first-order valence-electron chi connectivity index (χ1n) is 10.3. The highest BCUT2D eigenvalue weighted by atomic mass is 35.5. The summed E-state index contributed by atoms with van der Waals surface area (Å²) < 4.78 is 14.8. The molecule has 2 aromatic carbocycles. The van der Waals surface area contributed by atoms with Crippen LogP contribution in [-0.4, -0.2) is 31.4 Å².